The summed E-state index contributed by atoms with van der Waals surface area (Å²) in [6.45, 7) is 8.23. The number of carbonyl (C=O) groups is 4. The Labute approximate surface area is 337 Å². The van der Waals surface area contributed by atoms with Gasteiger partial charge in [-0.25, -0.2) is 8.78 Å². The van der Waals surface area contributed by atoms with E-state index in [9.17, 15) is 38.0 Å². The Morgan fingerprint density at radius 3 is 1.40 bits per heavy atom. The second kappa shape index (κ2) is 19.2. The number of nitrogens with one attached hydrogen (secondary N) is 4. The number of hydrogen-bond donors (Lipinski definition) is 6. The number of hydrogen-bond acceptors (Lipinski definition) is 12. The first-order valence-electron chi connectivity index (χ1n) is 19.7. The molecule has 2 fully saturated rings. The van der Waals surface area contributed by atoms with Crippen LogP contribution in [0.25, 0.3) is 0 Å². The number of rotatable bonds is 10. The Kier molecular flexibility index (Phi) is 14.8. The Hall–Kier alpha value is -4.33. The number of ether oxygens (including phenoxy) is 4. The monoisotopic (exact) mass is 814 g/mol. The van der Waals surface area contributed by atoms with Crippen LogP contribution in [0.4, 0.5) is 20.2 Å². The van der Waals surface area contributed by atoms with E-state index in [2.05, 4.69) is 21.3 Å². The van der Waals surface area contributed by atoms with Crippen molar-refractivity contribution in [1.82, 2.24) is 20.3 Å². The Morgan fingerprint density at radius 2 is 1.09 bits per heavy atom. The number of halogens is 2. The molecule has 0 unspecified atom stereocenters. The summed E-state index contributed by atoms with van der Waals surface area (Å²) in [5.41, 5.74) is -1.41. The van der Waals surface area contributed by atoms with Crippen LogP contribution < -0.4 is 30.7 Å². The normalized spacial score (nSPS) is 21.6. The van der Waals surface area contributed by atoms with Crippen molar-refractivity contribution >= 4 is 49.1 Å². The topological polar surface area (TPSA) is 200 Å². The zero-order valence-electron chi connectivity index (χ0n) is 33.8. The van der Waals surface area contributed by atoms with Gasteiger partial charge in [-0.2, -0.15) is 0 Å². The third kappa shape index (κ3) is 9.92. The maximum absolute atomic E-state index is 13.8. The Balaban J connectivity index is 0.000000221. The molecule has 2 saturated heterocycles. The summed E-state index contributed by atoms with van der Waals surface area (Å²) >= 11 is 0. The maximum Gasteiger partial charge on any atom is 0.376 e. The zero-order chi connectivity index (χ0) is 42.4. The van der Waals surface area contributed by atoms with Crippen molar-refractivity contribution in [3.8, 4) is 11.5 Å². The lowest BCUT2D eigenvalue weighted by Gasteiger charge is -2.41. The molecule has 2 spiro atoms. The van der Waals surface area contributed by atoms with Crippen molar-refractivity contribution < 1.29 is 57.0 Å². The van der Waals surface area contributed by atoms with E-state index in [0.717, 1.165) is 0 Å². The molecule has 0 aliphatic carbocycles. The molecule has 16 nitrogen and oxygen atoms in total. The summed E-state index contributed by atoms with van der Waals surface area (Å²) in [6, 6.07) is 4.58. The largest absolute Gasteiger partial charge is 0.482 e. The van der Waals surface area contributed by atoms with Gasteiger partial charge in [0.1, 0.15) is 46.4 Å². The van der Waals surface area contributed by atoms with Gasteiger partial charge in [-0.05, 0) is 64.8 Å². The van der Waals surface area contributed by atoms with Crippen LogP contribution in [0.2, 0.25) is 13.6 Å². The number of likely N-dealkylation sites (N-methyl/N-ethyl adjacent to an activating group) is 2. The van der Waals surface area contributed by atoms with Gasteiger partial charge in [0, 0.05) is 37.8 Å². The molecular weight excluding hydrogens is 760 g/mol. The van der Waals surface area contributed by atoms with Crippen LogP contribution >= 0.6 is 0 Å². The summed E-state index contributed by atoms with van der Waals surface area (Å²) in [7, 11) is 1.64. The number of anilines is 2. The number of benzene rings is 2. The summed E-state index contributed by atoms with van der Waals surface area (Å²) in [5.74, 6) is -2.14. The molecule has 4 atom stereocenters. The van der Waals surface area contributed by atoms with Crippen molar-refractivity contribution in [2.75, 3.05) is 51.2 Å². The van der Waals surface area contributed by atoms with Gasteiger partial charge in [0.05, 0.1) is 49.9 Å². The molecule has 4 aliphatic rings. The van der Waals surface area contributed by atoms with E-state index in [1.165, 1.54) is 46.0 Å². The second-order valence-electron chi connectivity index (χ2n) is 15.1. The number of fused-ring (bicyclic) bond motifs is 2. The Bertz CT molecular complexity index is 1670. The summed E-state index contributed by atoms with van der Waals surface area (Å²) in [6.07, 6.45) is 2.36. The smallest absolute Gasteiger partial charge is 0.376 e. The molecule has 20 heteroatoms. The van der Waals surface area contributed by atoms with Crippen molar-refractivity contribution in [3.05, 3.63) is 48.0 Å². The zero-order valence-corrected chi connectivity index (χ0v) is 33.8. The second-order valence-corrected chi connectivity index (χ2v) is 15.1. The highest BCUT2D eigenvalue weighted by molar-refractivity contribution is 6.46. The van der Waals surface area contributed by atoms with Crippen molar-refractivity contribution in [2.24, 2.45) is 0 Å². The van der Waals surface area contributed by atoms with Crippen LogP contribution in [-0.2, 0) is 28.7 Å². The number of amides is 4. The van der Waals surface area contributed by atoms with Crippen LogP contribution in [0.3, 0.4) is 0 Å². The van der Waals surface area contributed by atoms with Crippen LogP contribution in [-0.4, -0.2) is 133 Å². The highest BCUT2D eigenvalue weighted by Gasteiger charge is 2.52. The molecule has 2 aromatic carbocycles. The van der Waals surface area contributed by atoms with Gasteiger partial charge in [-0.15, -0.1) is 0 Å². The molecule has 58 heavy (non-hydrogen) atoms. The van der Waals surface area contributed by atoms with E-state index in [1.54, 1.807) is 27.7 Å². The lowest BCUT2D eigenvalue weighted by Crippen LogP contribution is -2.64. The fourth-order valence-corrected chi connectivity index (χ4v) is 7.74. The average Bonchev–Trinajstić information content (AvgIpc) is 3.35. The third-order valence-electron chi connectivity index (χ3n) is 11.4. The first-order chi connectivity index (χ1) is 27.5. The van der Waals surface area contributed by atoms with Crippen LogP contribution in [0, 0.1) is 11.6 Å². The van der Waals surface area contributed by atoms with Crippen LogP contribution in [0.5, 0.6) is 11.5 Å². The molecule has 0 saturated carbocycles. The number of nitrogens with zero attached hydrogens (tertiary/aromatic N) is 2. The van der Waals surface area contributed by atoms with E-state index in [0.29, 0.717) is 76.3 Å². The summed E-state index contributed by atoms with van der Waals surface area (Å²) in [5, 5.41) is 30.8. The highest BCUT2D eigenvalue weighted by Crippen LogP contribution is 2.40. The molecule has 4 aliphatic heterocycles. The number of carbonyl (C=O) groups excluding carboxylic acids is 4. The molecule has 6 N–H and O–H groups in total. The van der Waals surface area contributed by atoms with Crippen LogP contribution in [0.15, 0.2) is 36.4 Å². The van der Waals surface area contributed by atoms with Crippen molar-refractivity contribution in [3.63, 3.8) is 0 Å². The quantitative estimate of drug-likeness (QED) is 0.191. The third-order valence-corrected chi connectivity index (χ3v) is 11.4. The predicted octanol–water partition coefficient (Wildman–Crippen LogP) is 2.02. The van der Waals surface area contributed by atoms with Gasteiger partial charge in [0.15, 0.2) is 0 Å². The van der Waals surface area contributed by atoms with Gasteiger partial charge >= 0.3 is 14.1 Å². The standard InChI is InChI=1S/2C19H27BFN3O5/c2*1-4-14(24(3)20(2)27)17(25)23-16-18(26)22-13-6-5-12(21)11-15(13)29-19(16)7-9-28-10-8-19/h2*5-6,11,14,16,27H,4,7-10H2,1-3H3,(H,22,26)(H,23,25)/t14-,16+;14-,16-/m00/s1. The maximum atomic E-state index is 13.8. The van der Waals surface area contributed by atoms with Gasteiger partial charge < -0.3 is 59.9 Å². The summed E-state index contributed by atoms with van der Waals surface area (Å²) < 4.78 is 50.8. The molecular formula is C38H54B2F2N6O10. The van der Waals surface area contributed by atoms with E-state index in [4.69, 9.17) is 18.9 Å². The molecule has 4 amide bonds. The first kappa shape index (κ1) is 44.8. The van der Waals surface area contributed by atoms with Gasteiger partial charge in [0.25, 0.3) is 11.8 Å². The van der Waals surface area contributed by atoms with E-state index < -0.39 is 72.9 Å². The van der Waals surface area contributed by atoms with Gasteiger partial charge in [0.2, 0.25) is 11.8 Å². The van der Waals surface area contributed by atoms with Crippen molar-refractivity contribution in [2.45, 2.75) is 101 Å². The van der Waals surface area contributed by atoms with Crippen LogP contribution in [0.1, 0.15) is 52.4 Å². The molecule has 0 aromatic heterocycles. The fourth-order valence-electron chi connectivity index (χ4n) is 7.74. The van der Waals surface area contributed by atoms with Crippen molar-refractivity contribution in [1.29, 1.82) is 0 Å². The molecule has 0 bridgehead atoms. The molecule has 2 aromatic rings. The predicted molar refractivity (Wildman–Crippen MR) is 212 cm³/mol. The molecule has 316 valence electrons. The minimum Gasteiger partial charge on any atom is -0.482 e. The van der Waals surface area contributed by atoms with Gasteiger partial charge in [-0.3, -0.25) is 19.2 Å². The average molecular weight is 815 g/mol. The molecule has 6 rings (SSSR count). The minimum absolute atomic E-state index is 0.227. The minimum atomic E-state index is -1.06. The van der Waals surface area contributed by atoms with E-state index in [1.807, 2.05) is 13.8 Å². The molecule has 4 heterocycles. The highest BCUT2D eigenvalue weighted by atomic mass is 19.1. The fraction of sp³-hybridized carbons (Fsp3) is 0.579. The SMILES string of the molecule is CC[C@@H](C(=O)N[C@@H]1C(=O)Nc2ccc(F)cc2OC12CCOCC2)N(C)B(C)O.CC[C@@H](C(=O)N[C@H]1C(=O)Nc2ccc(F)cc2OC12CCOCC2)N(C)B(C)O. The first-order valence-corrected chi connectivity index (χ1v) is 19.7. The van der Waals surface area contributed by atoms with Gasteiger partial charge in [-0.1, -0.05) is 13.8 Å². The summed E-state index contributed by atoms with van der Waals surface area (Å²) in [4.78, 5) is 55.2. The van der Waals surface area contributed by atoms with E-state index >= 15 is 0 Å². The van der Waals surface area contributed by atoms with E-state index in [-0.39, 0.29) is 23.3 Å². The lowest BCUT2D eigenvalue weighted by molar-refractivity contribution is -0.137. The molecule has 0 radical (unpaired) electrons. The Morgan fingerprint density at radius 1 is 0.741 bits per heavy atom. The lowest BCUT2D eigenvalue weighted by atomic mass is 9.82.